The summed E-state index contributed by atoms with van der Waals surface area (Å²) < 4.78 is 11.0. The van der Waals surface area contributed by atoms with Crippen LogP contribution in [0.15, 0.2) is 42.5 Å². The van der Waals surface area contributed by atoms with Gasteiger partial charge in [0.05, 0.1) is 18.2 Å². The molecule has 2 N–H and O–H groups in total. The second kappa shape index (κ2) is 8.65. The van der Waals surface area contributed by atoms with Crippen molar-refractivity contribution in [2.24, 2.45) is 11.3 Å². The maximum Gasteiger partial charge on any atom is 0.323 e. The molecule has 2 aromatic rings. The number of methoxy groups -OCH3 is 1. The van der Waals surface area contributed by atoms with Gasteiger partial charge in [-0.15, -0.1) is 0 Å². The Bertz CT molecular complexity index is 923. The third kappa shape index (κ3) is 4.84. The molecule has 0 saturated carbocycles. The molecule has 0 bridgehead atoms. The molecule has 1 heterocycles. The Balaban J connectivity index is 1.81. The summed E-state index contributed by atoms with van der Waals surface area (Å²) >= 11 is 0. The van der Waals surface area contributed by atoms with Crippen LogP contribution < -0.4 is 25.0 Å². The van der Waals surface area contributed by atoms with E-state index in [0.29, 0.717) is 41.7 Å². The molecule has 0 aliphatic carbocycles. The van der Waals surface area contributed by atoms with Gasteiger partial charge in [0.1, 0.15) is 18.1 Å². The van der Waals surface area contributed by atoms with E-state index in [1.807, 2.05) is 13.8 Å². The first kappa shape index (κ1) is 21.5. The largest absolute Gasteiger partial charge is 0.497 e. The summed E-state index contributed by atoms with van der Waals surface area (Å²) in [7, 11) is 1.59. The zero-order valence-electron chi connectivity index (χ0n) is 18.1. The molecule has 0 spiro atoms. The second-order valence-corrected chi connectivity index (χ2v) is 8.47. The minimum Gasteiger partial charge on any atom is -0.497 e. The first-order valence-electron chi connectivity index (χ1n) is 10.0. The molecule has 0 aromatic heterocycles. The van der Waals surface area contributed by atoms with Crippen molar-refractivity contribution in [3.8, 4) is 11.5 Å². The molecule has 7 heteroatoms. The summed E-state index contributed by atoms with van der Waals surface area (Å²) in [5, 5.41) is 5.61. The van der Waals surface area contributed by atoms with E-state index in [9.17, 15) is 9.59 Å². The number of rotatable bonds is 5. The van der Waals surface area contributed by atoms with Crippen LogP contribution in [0.5, 0.6) is 11.5 Å². The molecule has 0 fully saturated rings. The lowest BCUT2D eigenvalue weighted by Crippen LogP contribution is -2.43. The number of urea groups is 1. The fourth-order valence-corrected chi connectivity index (χ4v) is 3.24. The molecule has 1 aliphatic rings. The number of ether oxygens (including phenoxy) is 2. The zero-order chi connectivity index (χ0) is 21.9. The molecule has 0 saturated heterocycles. The van der Waals surface area contributed by atoms with Crippen LogP contribution in [0.2, 0.25) is 0 Å². The third-order valence-electron chi connectivity index (χ3n) is 4.82. The molecule has 2 aromatic carbocycles. The lowest BCUT2D eigenvalue weighted by molar-refractivity contribution is -0.127. The van der Waals surface area contributed by atoms with Gasteiger partial charge in [-0.2, -0.15) is 0 Å². The average Bonchev–Trinajstić information content (AvgIpc) is 2.78. The van der Waals surface area contributed by atoms with Gasteiger partial charge in [0, 0.05) is 17.9 Å². The van der Waals surface area contributed by atoms with Gasteiger partial charge in [-0.25, -0.2) is 4.79 Å². The first-order valence-corrected chi connectivity index (χ1v) is 10.0. The van der Waals surface area contributed by atoms with E-state index in [2.05, 4.69) is 24.5 Å². The predicted octanol–water partition coefficient (Wildman–Crippen LogP) is 4.75. The normalized spacial score (nSPS) is 15.1. The van der Waals surface area contributed by atoms with Crippen LogP contribution in [0.4, 0.5) is 21.9 Å². The van der Waals surface area contributed by atoms with Crippen molar-refractivity contribution in [3.63, 3.8) is 0 Å². The van der Waals surface area contributed by atoms with Crippen LogP contribution >= 0.6 is 0 Å². The molecule has 7 nitrogen and oxygen atoms in total. The lowest BCUT2D eigenvalue weighted by atomic mass is 9.92. The summed E-state index contributed by atoms with van der Waals surface area (Å²) in [4.78, 5) is 27.3. The van der Waals surface area contributed by atoms with E-state index in [0.717, 1.165) is 0 Å². The van der Waals surface area contributed by atoms with Crippen molar-refractivity contribution in [1.82, 2.24) is 0 Å². The van der Waals surface area contributed by atoms with E-state index in [-0.39, 0.29) is 17.9 Å². The number of anilines is 3. The van der Waals surface area contributed by atoms with Crippen molar-refractivity contribution in [2.45, 2.75) is 27.7 Å². The molecular formula is C23H29N3O4. The number of hydrogen-bond acceptors (Lipinski definition) is 4. The van der Waals surface area contributed by atoms with Gasteiger partial charge in [0.2, 0.25) is 5.91 Å². The number of carbonyl (C=O) groups is 2. The van der Waals surface area contributed by atoms with Crippen molar-refractivity contribution >= 4 is 29.0 Å². The SMILES string of the molecule is COc1ccc(NC(=O)Nc2ccc3c(c2)N(CC(C)C)C(=O)C(C)(C)CO3)cc1. The van der Waals surface area contributed by atoms with Crippen molar-refractivity contribution in [2.75, 3.05) is 35.8 Å². The Labute approximate surface area is 177 Å². The Morgan fingerprint density at radius 2 is 1.77 bits per heavy atom. The number of fused-ring (bicyclic) bond motifs is 1. The summed E-state index contributed by atoms with van der Waals surface area (Å²) in [6, 6.07) is 12.0. The second-order valence-electron chi connectivity index (χ2n) is 8.47. The van der Waals surface area contributed by atoms with Crippen LogP contribution in [0.1, 0.15) is 27.7 Å². The molecule has 3 amide bonds. The maximum absolute atomic E-state index is 13.1. The van der Waals surface area contributed by atoms with Crippen LogP contribution in [0, 0.1) is 11.3 Å². The molecule has 0 atom stereocenters. The van der Waals surface area contributed by atoms with Crippen LogP contribution in [-0.4, -0.2) is 32.2 Å². The number of benzene rings is 2. The number of carbonyl (C=O) groups excluding carboxylic acids is 2. The highest BCUT2D eigenvalue weighted by atomic mass is 16.5. The standard InChI is InChI=1S/C23H29N3O4/c1-15(2)13-26-19-12-17(8-11-20(19)30-14-23(3,4)21(26)27)25-22(28)24-16-6-9-18(29-5)10-7-16/h6-12,15H,13-14H2,1-5H3,(H2,24,25,28). The van der Waals surface area contributed by atoms with Gasteiger partial charge < -0.3 is 25.0 Å². The van der Waals surface area contributed by atoms with Gasteiger partial charge in [0.15, 0.2) is 0 Å². The van der Waals surface area contributed by atoms with E-state index >= 15 is 0 Å². The van der Waals surface area contributed by atoms with Crippen LogP contribution in [0.25, 0.3) is 0 Å². The minimum atomic E-state index is -0.632. The van der Waals surface area contributed by atoms with Gasteiger partial charge in [-0.3, -0.25) is 4.79 Å². The number of nitrogens with one attached hydrogen (secondary N) is 2. The highest BCUT2D eigenvalue weighted by Crippen LogP contribution is 2.38. The van der Waals surface area contributed by atoms with Crippen LogP contribution in [-0.2, 0) is 4.79 Å². The summed E-state index contributed by atoms with van der Waals surface area (Å²) in [5.74, 6) is 1.64. The average molecular weight is 412 g/mol. The third-order valence-corrected chi connectivity index (χ3v) is 4.82. The van der Waals surface area contributed by atoms with Crippen LogP contribution in [0.3, 0.4) is 0 Å². The summed E-state index contributed by atoms with van der Waals surface area (Å²) in [5.41, 5.74) is 1.25. The molecule has 1 aliphatic heterocycles. The molecular weight excluding hydrogens is 382 g/mol. The van der Waals surface area contributed by atoms with E-state index in [4.69, 9.17) is 9.47 Å². The van der Waals surface area contributed by atoms with Gasteiger partial charge in [-0.1, -0.05) is 13.8 Å². The Kier molecular flexibility index (Phi) is 6.20. The Morgan fingerprint density at radius 1 is 1.13 bits per heavy atom. The first-order chi connectivity index (χ1) is 14.2. The quantitative estimate of drug-likeness (QED) is 0.744. The number of nitrogens with zero attached hydrogens (tertiary/aromatic N) is 1. The monoisotopic (exact) mass is 411 g/mol. The minimum absolute atomic E-state index is 0.00906. The maximum atomic E-state index is 13.1. The predicted molar refractivity (Wildman–Crippen MR) is 119 cm³/mol. The summed E-state index contributed by atoms with van der Waals surface area (Å²) in [6.45, 7) is 8.77. The Morgan fingerprint density at radius 3 is 2.40 bits per heavy atom. The Hall–Kier alpha value is -3.22. The highest BCUT2D eigenvalue weighted by molar-refractivity contribution is 6.02. The lowest BCUT2D eigenvalue weighted by Gasteiger charge is -2.29. The molecule has 0 unspecified atom stereocenters. The van der Waals surface area contributed by atoms with E-state index < -0.39 is 5.41 Å². The van der Waals surface area contributed by atoms with Crippen molar-refractivity contribution in [1.29, 1.82) is 0 Å². The van der Waals surface area contributed by atoms with Crippen molar-refractivity contribution < 1.29 is 19.1 Å². The summed E-state index contributed by atoms with van der Waals surface area (Å²) in [6.07, 6.45) is 0. The van der Waals surface area contributed by atoms with Gasteiger partial charge in [0.25, 0.3) is 0 Å². The molecule has 160 valence electrons. The smallest absolute Gasteiger partial charge is 0.323 e. The fourth-order valence-electron chi connectivity index (χ4n) is 3.24. The molecule has 0 radical (unpaired) electrons. The highest BCUT2D eigenvalue weighted by Gasteiger charge is 2.38. The van der Waals surface area contributed by atoms with E-state index in [1.165, 1.54) is 0 Å². The number of hydrogen-bond donors (Lipinski definition) is 2. The molecule has 30 heavy (non-hydrogen) atoms. The fraction of sp³-hybridized carbons (Fsp3) is 0.391. The van der Waals surface area contributed by atoms with Gasteiger partial charge >= 0.3 is 6.03 Å². The van der Waals surface area contributed by atoms with Gasteiger partial charge in [-0.05, 0) is 62.2 Å². The van der Waals surface area contributed by atoms with E-state index in [1.54, 1.807) is 54.5 Å². The zero-order valence-corrected chi connectivity index (χ0v) is 18.1. The number of amides is 3. The van der Waals surface area contributed by atoms with Crippen molar-refractivity contribution in [3.05, 3.63) is 42.5 Å². The molecule has 3 rings (SSSR count). The topological polar surface area (TPSA) is 79.9 Å².